The highest BCUT2D eigenvalue weighted by Gasteiger charge is 2.30. The molecular weight excluding hydrogens is 328 g/mol. The molecular formula is C20H28N4O2. The van der Waals surface area contributed by atoms with Gasteiger partial charge >= 0.3 is 0 Å². The average molecular weight is 356 g/mol. The monoisotopic (exact) mass is 356 g/mol. The predicted octanol–water partition coefficient (Wildman–Crippen LogP) is 2.40. The van der Waals surface area contributed by atoms with Crippen molar-refractivity contribution in [1.29, 1.82) is 0 Å². The molecule has 2 aromatic rings. The van der Waals surface area contributed by atoms with E-state index in [-0.39, 0.29) is 18.6 Å². The molecule has 1 atom stereocenters. The van der Waals surface area contributed by atoms with E-state index in [0.29, 0.717) is 19.0 Å². The second-order valence-corrected chi connectivity index (χ2v) is 7.19. The van der Waals surface area contributed by atoms with Crippen molar-refractivity contribution in [3.63, 3.8) is 0 Å². The minimum absolute atomic E-state index is 0.00397. The second kappa shape index (κ2) is 7.91. The van der Waals surface area contributed by atoms with Crippen LogP contribution in [-0.4, -0.2) is 46.6 Å². The zero-order valence-corrected chi connectivity index (χ0v) is 16.0. The predicted molar refractivity (Wildman–Crippen MR) is 101 cm³/mol. The van der Waals surface area contributed by atoms with Crippen LogP contribution in [0.2, 0.25) is 0 Å². The number of ether oxygens (including phenoxy) is 1. The Morgan fingerprint density at radius 2 is 2.23 bits per heavy atom. The zero-order chi connectivity index (χ0) is 18.7. The molecule has 1 aliphatic heterocycles. The van der Waals surface area contributed by atoms with Crippen molar-refractivity contribution in [2.24, 2.45) is 7.05 Å². The largest absolute Gasteiger partial charge is 0.483 e. The molecule has 1 N–H and O–H groups in total. The van der Waals surface area contributed by atoms with Crippen LogP contribution in [0.25, 0.3) is 0 Å². The van der Waals surface area contributed by atoms with Gasteiger partial charge in [-0.2, -0.15) is 0 Å². The van der Waals surface area contributed by atoms with Crippen molar-refractivity contribution >= 4 is 5.91 Å². The molecule has 1 aromatic carbocycles. The summed E-state index contributed by atoms with van der Waals surface area (Å²) >= 11 is 0. The molecule has 0 bridgehead atoms. The quantitative estimate of drug-likeness (QED) is 0.894. The molecule has 1 saturated heterocycles. The first-order chi connectivity index (χ1) is 12.5. The highest BCUT2D eigenvalue weighted by Crippen LogP contribution is 2.28. The average Bonchev–Trinajstić information content (AvgIpc) is 3.05. The van der Waals surface area contributed by atoms with Gasteiger partial charge in [0.15, 0.2) is 6.61 Å². The van der Waals surface area contributed by atoms with E-state index in [1.54, 1.807) is 6.20 Å². The van der Waals surface area contributed by atoms with E-state index in [4.69, 9.17) is 4.74 Å². The molecule has 0 radical (unpaired) electrons. The Balaban J connectivity index is 1.73. The SMILES string of the molecule is Cc1ccc(C(C)C)c(OCC(=O)N2CCNCC2c2nccn2C)c1. The van der Waals surface area contributed by atoms with Gasteiger partial charge in [0, 0.05) is 39.1 Å². The number of aromatic nitrogens is 2. The minimum Gasteiger partial charge on any atom is -0.483 e. The summed E-state index contributed by atoms with van der Waals surface area (Å²) in [6.45, 7) is 8.49. The first kappa shape index (κ1) is 18.5. The zero-order valence-electron chi connectivity index (χ0n) is 16.0. The lowest BCUT2D eigenvalue weighted by Crippen LogP contribution is -2.50. The van der Waals surface area contributed by atoms with Gasteiger partial charge in [-0.3, -0.25) is 4.79 Å². The number of imidazole rings is 1. The number of carbonyl (C=O) groups is 1. The van der Waals surface area contributed by atoms with E-state index in [1.807, 2.05) is 35.7 Å². The number of nitrogens with one attached hydrogen (secondary N) is 1. The van der Waals surface area contributed by atoms with Gasteiger partial charge in [-0.05, 0) is 30.0 Å². The maximum Gasteiger partial charge on any atom is 0.261 e. The molecule has 140 valence electrons. The first-order valence-electron chi connectivity index (χ1n) is 9.18. The Morgan fingerprint density at radius 3 is 2.92 bits per heavy atom. The smallest absolute Gasteiger partial charge is 0.261 e. The van der Waals surface area contributed by atoms with Gasteiger partial charge in [0.2, 0.25) is 0 Å². The van der Waals surface area contributed by atoms with Crippen molar-refractivity contribution in [1.82, 2.24) is 19.8 Å². The summed E-state index contributed by atoms with van der Waals surface area (Å²) in [6, 6.07) is 6.11. The highest BCUT2D eigenvalue weighted by atomic mass is 16.5. The van der Waals surface area contributed by atoms with Crippen LogP contribution in [0.5, 0.6) is 5.75 Å². The summed E-state index contributed by atoms with van der Waals surface area (Å²) in [4.78, 5) is 19.2. The molecule has 26 heavy (non-hydrogen) atoms. The van der Waals surface area contributed by atoms with Crippen LogP contribution < -0.4 is 10.1 Å². The fraction of sp³-hybridized carbons (Fsp3) is 0.500. The van der Waals surface area contributed by atoms with Gasteiger partial charge in [-0.25, -0.2) is 4.98 Å². The number of hydrogen-bond acceptors (Lipinski definition) is 4. The number of piperazine rings is 1. The Kier molecular flexibility index (Phi) is 5.61. The third kappa shape index (κ3) is 3.90. The van der Waals surface area contributed by atoms with Crippen LogP contribution in [0, 0.1) is 6.92 Å². The van der Waals surface area contributed by atoms with Crippen molar-refractivity contribution in [2.75, 3.05) is 26.2 Å². The molecule has 1 aromatic heterocycles. The van der Waals surface area contributed by atoms with E-state index in [0.717, 1.165) is 29.2 Å². The van der Waals surface area contributed by atoms with Gasteiger partial charge in [0.25, 0.3) is 5.91 Å². The van der Waals surface area contributed by atoms with Crippen LogP contribution in [0.3, 0.4) is 0 Å². The third-order valence-electron chi connectivity index (χ3n) is 4.86. The minimum atomic E-state index is -0.0677. The molecule has 1 unspecified atom stereocenters. The van der Waals surface area contributed by atoms with Crippen molar-refractivity contribution < 1.29 is 9.53 Å². The van der Waals surface area contributed by atoms with Gasteiger partial charge in [-0.1, -0.05) is 26.0 Å². The van der Waals surface area contributed by atoms with Gasteiger partial charge in [-0.15, -0.1) is 0 Å². The van der Waals surface area contributed by atoms with Crippen LogP contribution in [0.15, 0.2) is 30.6 Å². The Labute approximate surface area is 155 Å². The Morgan fingerprint density at radius 1 is 1.42 bits per heavy atom. The summed E-state index contributed by atoms with van der Waals surface area (Å²) in [7, 11) is 1.96. The molecule has 0 aliphatic carbocycles. The standard InChI is InChI=1S/C20H28N4O2/c1-14(2)16-6-5-15(3)11-18(16)26-13-19(25)24-10-7-21-12-17(24)20-22-8-9-23(20)4/h5-6,8-9,11,14,17,21H,7,10,12-13H2,1-4H3. The Hall–Kier alpha value is -2.34. The molecule has 2 heterocycles. The van der Waals surface area contributed by atoms with Gasteiger partial charge in [0.1, 0.15) is 17.6 Å². The summed E-state index contributed by atoms with van der Waals surface area (Å²) in [5.41, 5.74) is 2.26. The number of amides is 1. The Bertz CT molecular complexity index is 769. The van der Waals surface area contributed by atoms with E-state index in [2.05, 4.69) is 36.3 Å². The van der Waals surface area contributed by atoms with Crippen molar-refractivity contribution in [3.05, 3.63) is 47.5 Å². The van der Waals surface area contributed by atoms with Crippen LogP contribution >= 0.6 is 0 Å². The van der Waals surface area contributed by atoms with E-state index in [9.17, 15) is 4.79 Å². The summed E-state index contributed by atoms with van der Waals surface area (Å²) in [5, 5.41) is 3.35. The van der Waals surface area contributed by atoms with Crippen molar-refractivity contribution in [2.45, 2.75) is 32.7 Å². The molecule has 1 amide bonds. The fourth-order valence-electron chi connectivity index (χ4n) is 3.40. The van der Waals surface area contributed by atoms with E-state index < -0.39 is 0 Å². The molecule has 0 spiro atoms. The lowest BCUT2D eigenvalue weighted by Gasteiger charge is -2.35. The topological polar surface area (TPSA) is 59.4 Å². The molecule has 6 nitrogen and oxygen atoms in total. The maximum absolute atomic E-state index is 12.9. The molecule has 1 aliphatic rings. The molecule has 6 heteroatoms. The molecule has 3 rings (SSSR count). The van der Waals surface area contributed by atoms with Crippen LogP contribution in [0.1, 0.15) is 42.8 Å². The number of benzene rings is 1. The second-order valence-electron chi connectivity index (χ2n) is 7.19. The van der Waals surface area contributed by atoms with Crippen molar-refractivity contribution in [3.8, 4) is 5.75 Å². The normalized spacial score (nSPS) is 17.6. The number of hydrogen-bond donors (Lipinski definition) is 1. The third-order valence-corrected chi connectivity index (χ3v) is 4.86. The molecule has 0 saturated carbocycles. The molecule has 1 fully saturated rings. The number of nitrogens with zero attached hydrogens (tertiary/aromatic N) is 3. The van der Waals surface area contributed by atoms with Gasteiger partial charge in [0.05, 0.1) is 0 Å². The first-order valence-corrected chi connectivity index (χ1v) is 9.18. The van der Waals surface area contributed by atoms with E-state index in [1.165, 1.54) is 0 Å². The number of aryl methyl sites for hydroxylation is 2. The lowest BCUT2D eigenvalue weighted by atomic mass is 10.0. The maximum atomic E-state index is 12.9. The lowest BCUT2D eigenvalue weighted by molar-refractivity contribution is -0.137. The summed E-state index contributed by atoms with van der Waals surface area (Å²) in [6.07, 6.45) is 3.68. The number of rotatable bonds is 5. The van der Waals surface area contributed by atoms with E-state index >= 15 is 0 Å². The van der Waals surface area contributed by atoms with Gasteiger partial charge < -0.3 is 19.5 Å². The van der Waals surface area contributed by atoms with Crippen LogP contribution in [-0.2, 0) is 11.8 Å². The van der Waals surface area contributed by atoms with Crippen LogP contribution in [0.4, 0.5) is 0 Å². The summed E-state index contributed by atoms with van der Waals surface area (Å²) < 4.78 is 7.92. The highest BCUT2D eigenvalue weighted by molar-refractivity contribution is 5.78. The summed E-state index contributed by atoms with van der Waals surface area (Å²) in [5.74, 6) is 2.04. The number of carbonyl (C=O) groups excluding carboxylic acids is 1. The fourth-order valence-corrected chi connectivity index (χ4v) is 3.40.